The maximum atomic E-state index is 15.0. The summed E-state index contributed by atoms with van der Waals surface area (Å²) in [6, 6.07) is 18.6. The van der Waals surface area contributed by atoms with Crippen molar-refractivity contribution in [3.8, 4) is 17.2 Å². The smallest absolute Gasteiger partial charge is 0.410 e. The Labute approximate surface area is 243 Å². The molecule has 0 saturated carbocycles. The van der Waals surface area contributed by atoms with E-state index in [2.05, 4.69) is 26.8 Å². The van der Waals surface area contributed by atoms with Crippen LogP contribution in [-0.4, -0.2) is 62.0 Å². The van der Waals surface area contributed by atoms with Crippen molar-refractivity contribution in [2.24, 2.45) is 5.92 Å². The number of benzene rings is 2. The normalized spacial score (nSPS) is 17.1. The summed E-state index contributed by atoms with van der Waals surface area (Å²) in [5.41, 5.74) is 2.24. The van der Waals surface area contributed by atoms with Gasteiger partial charge in [0.15, 0.2) is 5.65 Å². The van der Waals surface area contributed by atoms with Crippen molar-refractivity contribution >= 4 is 23.4 Å². The number of aromatic nitrogens is 3. The summed E-state index contributed by atoms with van der Waals surface area (Å²) in [7, 11) is 0. The molecule has 0 spiro atoms. The maximum Gasteiger partial charge on any atom is 0.410 e. The highest BCUT2D eigenvalue weighted by Gasteiger charge is 2.32. The Hall–Kier alpha value is -4.69. The first-order valence-corrected chi connectivity index (χ1v) is 13.9. The van der Waals surface area contributed by atoms with Crippen LogP contribution in [0.5, 0.6) is 0 Å². The molecule has 1 aliphatic rings. The Morgan fingerprint density at radius 2 is 1.95 bits per heavy atom. The fraction of sp³-hybridized carbons (Fsp3) is 0.355. The molecule has 0 radical (unpaired) electrons. The lowest BCUT2D eigenvalue weighted by molar-refractivity contribution is -0.0104. The Morgan fingerprint density at radius 1 is 1.17 bits per heavy atom. The number of aliphatic hydroxyl groups is 1. The molecule has 1 aliphatic heterocycles. The van der Waals surface area contributed by atoms with E-state index < -0.39 is 17.8 Å². The minimum absolute atomic E-state index is 0.129. The van der Waals surface area contributed by atoms with E-state index in [0.29, 0.717) is 47.9 Å². The standard InChI is InChI=1S/C31H34FN7O3/c1-31(2,3)42-30(41)38-12-11-23(26(40)19-38)17-34-27-14-28(39-29(37-27)24(15-33)18-36-39)35-16-22-10-9-21(13-25(22)32)20-7-5-4-6-8-20/h4-10,13-14,18,23,26,35,40H,11-12,16-17,19H2,1-3H3,(H,34,37)/t23-,26+/m1/s1. The van der Waals surface area contributed by atoms with Gasteiger partial charge in [-0.3, -0.25) is 0 Å². The van der Waals surface area contributed by atoms with Crippen molar-refractivity contribution in [1.29, 1.82) is 5.26 Å². The molecule has 1 fully saturated rings. The van der Waals surface area contributed by atoms with Gasteiger partial charge in [0.05, 0.1) is 18.8 Å². The number of nitrogens with one attached hydrogen (secondary N) is 2. The number of likely N-dealkylation sites (tertiary alicyclic amines) is 1. The lowest BCUT2D eigenvalue weighted by Crippen LogP contribution is -2.49. The van der Waals surface area contributed by atoms with Gasteiger partial charge < -0.3 is 25.4 Å². The zero-order valence-corrected chi connectivity index (χ0v) is 23.8. The average molecular weight is 572 g/mol. The predicted molar refractivity (Wildman–Crippen MR) is 157 cm³/mol. The molecule has 5 rings (SSSR count). The number of aliphatic hydroxyl groups excluding tert-OH is 1. The van der Waals surface area contributed by atoms with E-state index in [-0.39, 0.29) is 24.8 Å². The number of piperidine rings is 1. The Morgan fingerprint density at radius 3 is 2.64 bits per heavy atom. The van der Waals surface area contributed by atoms with E-state index in [9.17, 15) is 15.2 Å². The van der Waals surface area contributed by atoms with Crippen LogP contribution in [0.4, 0.5) is 20.8 Å². The average Bonchev–Trinajstić information content (AvgIpc) is 3.38. The van der Waals surface area contributed by atoms with Gasteiger partial charge in [-0.15, -0.1) is 0 Å². The van der Waals surface area contributed by atoms with Crippen LogP contribution >= 0.6 is 0 Å². The van der Waals surface area contributed by atoms with Gasteiger partial charge in [0.2, 0.25) is 0 Å². The fourth-order valence-corrected chi connectivity index (χ4v) is 4.89. The van der Waals surface area contributed by atoms with E-state index >= 15 is 4.39 Å². The van der Waals surface area contributed by atoms with Crippen LogP contribution in [-0.2, 0) is 11.3 Å². The van der Waals surface area contributed by atoms with Gasteiger partial charge >= 0.3 is 6.09 Å². The van der Waals surface area contributed by atoms with Crippen LogP contribution in [0, 0.1) is 23.1 Å². The number of nitrogens with zero attached hydrogens (tertiary/aromatic N) is 5. The van der Waals surface area contributed by atoms with Crippen molar-refractivity contribution in [2.75, 3.05) is 30.3 Å². The molecule has 42 heavy (non-hydrogen) atoms. The first-order chi connectivity index (χ1) is 20.1. The third kappa shape index (κ3) is 6.61. The second kappa shape index (κ2) is 12.0. The zero-order valence-electron chi connectivity index (χ0n) is 23.8. The molecule has 11 heteroatoms. The van der Waals surface area contributed by atoms with Gasteiger partial charge in [0.1, 0.15) is 34.7 Å². The minimum atomic E-state index is -0.744. The summed E-state index contributed by atoms with van der Waals surface area (Å²) in [6.45, 7) is 6.65. The summed E-state index contributed by atoms with van der Waals surface area (Å²) < 4.78 is 22.0. The van der Waals surface area contributed by atoms with Crippen molar-refractivity contribution in [2.45, 2.75) is 45.4 Å². The van der Waals surface area contributed by atoms with Crippen molar-refractivity contribution in [3.05, 3.63) is 77.7 Å². The highest BCUT2D eigenvalue weighted by molar-refractivity contribution is 5.68. The van der Waals surface area contributed by atoms with E-state index in [1.54, 1.807) is 32.9 Å². The van der Waals surface area contributed by atoms with Gasteiger partial charge in [0.25, 0.3) is 0 Å². The molecule has 218 valence electrons. The van der Waals surface area contributed by atoms with Crippen LogP contribution in [0.15, 0.2) is 60.8 Å². The third-order valence-corrected chi connectivity index (χ3v) is 7.13. The molecule has 1 saturated heterocycles. The number of fused-ring (bicyclic) bond motifs is 1. The molecule has 4 aromatic rings. The van der Waals surface area contributed by atoms with E-state index in [1.807, 2.05) is 36.4 Å². The summed E-state index contributed by atoms with van der Waals surface area (Å²) >= 11 is 0. The zero-order chi connectivity index (χ0) is 29.9. The molecule has 0 bridgehead atoms. The molecular weight excluding hydrogens is 537 g/mol. The number of carbonyl (C=O) groups excluding carboxylic acids is 1. The van der Waals surface area contributed by atoms with E-state index in [4.69, 9.17) is 4.74 Å². The quantitative estimate of drug-likeness (QED) is 0.281. The van der Waals surface area contributed by atoms with E-state index in [1.165, 1.54) is 21.7 Å². The number of halogens is 1. The Bertz CT molecular complexity index is 1610. The first kappa shape index (κ1) is 28.8. The van der Waals surface area contributed by atoms with E-state index in [0.717, 1.165) is 11.1 Å². The largest absolute Gasteiger partial charge is 0.444 e. The lowest BCUT2D eigenvalue weighted by atomic mass is 9.94. The van der Waals surface area contributed by atoms with Crippen molar-refractivity contribution in [1.82, 2.24) is 19.5 Å². The van der Waals surface area contributed by atoms with Crippen molar-refractivity contribution < 1.29 is 19.0 Å². The number of hydrogen-bond acceptors (Lipinski definition) is 8. The van der Waals surface area contributed by atoms with Crippen molar-refractivity contribution in [3.63, 3.8) is 0 Å². The monoisotopic (exact) mass is 571 g/mol. The fourth-order valence-electron chi connectivity index (χ4n) is 4.89. The molecule has 0 aliphatic carbocycles. The molecular formula is C31H34FN7O3. The number of carbonyl (C=O) groups is 1. The molecule has 0 unspecified atom stereocenters. The number of anilines is 2. The Balaban J connectivity index is 1.28. The van der Waals surface area contributed by atoms with Crippen LogP contribution in [0.1, 0.15) is 38.3 Å². The van der Waals surface area contributed by atoms with Crippen LogP contribution in [0.25, 0.3) is 16.8 Å². The molecule has 10 nitrogen and oxygen atoms in total. The maximum absolute atomic E-state index is 15.0. The summed E-state index contributed by atoms with van der Waals surface area (Å²) in [4.78, 5) is 18.5. The van der Waals surface area contributed by atoms with Gasteiger partial charge in [-0.2, -0.15) is 14.9 Å². The number of nitriles is 1. The SMILES string of the molecule is CC(C)(C)OC(=O)N1CC[C@H](CNc2cc(NCc3ccc(-c4ccccc4)cc3F)n3ncc(C#N)c3n2)[C@@H](O)C1. The minimum Gasteiger partial charge on any atom is -0.444 e. The molecule has 2 atom stereocenters. The van der Waals surface area contributed by atoms with Crippen LogP contribution < -0.4 is 10.6 Å². The molecule has 3 N–H and O–H groups in total. The predicted octanol–water partition coefficient (Wildman–Crippen LogP) is 5.05. The van der Waals surface area contributed by atoms with Gasteiger partial charge in [-0.25, -0.2) is 14.2 Å². The summed E-state index contributed by atoms with van der Waals surface area (Å²) in [5, 5.41) is 31.1. The van der Waals surface area contributed by atoms with Gasteiger partial charge in [0, 0.05) is 37.2 Å². The second-order valence-corrected chi connectivity index (χ2v) is 11.4. The van der Waals surface area contributed by atoms with Crippen LogP contribution in [0.3, 0.4) is 0 Å². The number of hydrogen-bond donors (Lipinski definition) is 3. The number of β-amino-alcohol motifs (C(OH)–C–C–N with tert-alkyl or cyclic N) is 1. The van der Waals surface area contributed by atoms with Crippen LogP contribution in [0.2, 0.25) is 0 Å². The second-order valence-electron chi connectivity index (χ2n) is 11.4. The third-order valence-electron chi connectivity index (χ3n) is 7.13. The number of rotatable bonds is 7. The van der Waals surface area contributed by atoms with Gasteiger partial charge in [-0.05, 0) is 44.4 Å². The Kier molecular flexibility index (Phi) is 8.27. The highest BCUT2D eigenvalue weighted by Crippen LogP contribution is 2.25. The topological polar surface area (TPSA) is 128 Å². The lowest BCUT2D eigenvalue weighted by Gasteiger charge is -2.36. The molecule has 3 heterocycles. The highest BCUT2D eigenvalue weighted by atomic mass is 19.1. The van der Waals surface area contributed by atoms with Gasteiger partial charge in [-0.1, -0.05) is 42.5 Å². The number of amides is 1. The first-order valence-electron chi connectivity index (χ1n) is 13.9. The number of ether oxygens (including phenoxy) is 1. The molecule has 1 amide bonds. The molecule has 2 aromatic carbocycles. The summed E-state index contributed by atoms with van der Waals surface area (Å²) in [6.07, 6.45) is 0.830. The molecule has 2 aromatic heterocycles. The summed E-state index contributed by atoms with van der Waals surface area (Å²) in [5.74, 6) is 0.535.